The van der Waals surface area contributed by atoms with Gasteiger partial charge in [0.05, 0.1) is 11.1 Å². The summed E-state index contributed by atoms with van der Waals surface area (Å²) in [4.78, 5) is 21.9. The van der Waals surface area contributed by atoms with Crippen molar-refractivity contribution in [2.24, 2.45) is 0 Å². The summed E-state index contributed by atoms with van der Waals surface area (Å²) in [6, 6.07) is 1.31. The molecule has 0 aliphatic heterocycles. The monoisotopic (exact) mass is 236 g/mol. The predicted octanol–water partition coefficient (Wildman–Crippen LogP) is 2.42. The summed E-state index contributed by atoms with van der Waals surface area (Å²) in [7, 11) is 0. The Morgan fingerprint density at radius 3 is 2.76 bits per heavy atom. The van der Waals surface area contributed by atoms with Crippen molar-refractivity contribution in [1.82, 2.24) is 4.57 Å². The smallest absolute Gasteiger partial charge is 0.288 e. The van der Waals surface area contributed by atoms with Crippen molar-refractivity contribution in [2.45, 2.75) is 33.2 Å². The highest BCUT2D eigenvalue weighted by Gasteiger charge is 2.12. The van der Waals surface area contributed by atoms with Gasteiger partial charge in [-0.3, -0.25) is 14.9 Å². The maximum atomic E-state index is 11.6. The third kappa shape index (κ3) is 3.55. The van der Waals surface area contributed by atoms with Crippen LogP contribution in [0.3, 0.4) is 0 Å². The number of aryl methyl sites for hydroxylation is 2. The van der Waals surface area contributed by atoms with Crippen LogP contribution in [0.2, 0.25) is 0 Å². The minimum Gasteiger partial charge on any atom is -0.309 e. The number of nitrogens with zero attached hydrogens (tertiary/aromatic N) is 2. The van der Waals surface area contributed by atoms with E-state index >= 15 is 0 Å². The zero-order valence-corrected chi connectivity index (χ0v) is 10.0. The fourth-order valence-electron chi connectivity index (χ4n) is 1.52. The van der Waals surface area contributed by atoms with Crippen molar-refractivity contribution in [3.63, 3.8) is 0 Å². The molecule has 0 saturated heterocycles. The van der Waals surface area contributed by atoms with E-state index in [2.05, 4.69) is 0 Å². The summed E-state index contributed by atoms with van der Waals surface area (Å²) < 4.78 is 1.38. The van der Waals surface area contributed by atoms with E-state index in [4.69, 9.17) is 0 Å². The van der Waals surface area contributed by atoms with E-state index in [1.165, 1.54) is 16.8 Å². The minimum absolute atomic E-state index is 0.0101. The third-order valence-corrected chi connectivity index (χ3v) is 2.44. The summed E-state index contributed by atoms with van der Waals surface area (Å²) in [5, 5.41) is 10.7. The van der Waals surface area contributed by atoms with Crippen LogP contribution in [0.4, 0.5) is 5.69 Å². The SMILES string of the molecule is CC/C=C/CCn1cc([N+](=O)[O-])c(C)cc1=O. The van der Waals surface area contributed by atoms with Gasteiger partial charge in [0.15, 0.2) is 0 Å². The van der Waals surface area contributed by atoms with Crippen molar-refractivity contribution in [2.75, 3.05) is 0 Å². The molecule has 0 N–H and O–H groups in total. The average molecular weight is 236 g/mol. The fourth-order valence-corrected chi connectivity index (χ4v) is 1.52. The lowest BCUT2D eigenvalue weighted by molar-refractivity contribution is -0.385. The van der Waals surface area contributed by atoms with Gasteiger partial charge >= 0.3 is 0 Å². The first kappa shape index (κ1) is 13.2. The third-order valence-electron chi connectivity index (χ3n) is 2.44. The summed E-state index contributed by atoms with van der Waals surface area (Å²) in [6.07, 6.45) is 6.94. The maximum Gasteiger partial charge on any atom is 0.288 e. The second-order valence-corrected chi connectivity index (χ2v) is 3.80. The Hall–Kier alpha value is -1.91. The molecule has 0 fully saturated rings. The van der Waals surface area contributed by atoms with Crippen molar-refractivity contribution in [3.05, 3.63) is 50.4 Å². The van der Waals surface area contributed by atoms with Crippen LogP contribution in [0.25, 0.3) is 0 Å². The largest absolute Gasteiger partial charge is 0.309 e. The molecule has 1 aromatic heterocycles. The van der Waals surface area contributed by atoms with Gasteiger partial charge in [-0.05, 0) is 19.8 Å². The maximum absolute atomic E-state index is 11.6. The quantitative estimate of drug-likeness (QED) is 0.448. The highest BCUT2D eigenvalue weighted by atomic mass is 16.6. The van der Waals surface area contributed by atoms with Crippen LogP contribution in [0.5, 0.6) is 0 Å². The van der Waals surface area contributed by atoms with E-state index < -0.39 is 4.92 Å². The first-order valence-electron chi connectivity index (χ1n) is 5.56. The van der Waals surface area contributed by atoms with E-state index in [0.29, 0.717) is 18.5 Å². The molecule has 92 valence electrons. The van der Waals surface area contributed by atoms with Gasteiger partial charge in [0.25, 0.3) is 11.2 Å². The molecular formula is C12H16N2O3. The van der Waals surface area contributed by atoms with Crippen molar-refractivity contribution >= 4 is 5.69 Å². The Labute approximate surface area is 99.5 Å². The van der Waals surface area contributed by atoms with Gasteiger partial charge in [-0.25, -0.2) is 0 Å². The average Bonchev–Trinajstić information content (AvgIpc) is 2.26. The van der Waals surface area contributed by atoms with Gasteiger partial charge in [-0.2, -0.15) is 0 Å². The molecule has 1 aromatic rings. The number of aromatic nitrogens is 1. The summed E-state index contributed by atoms with van der Waals surface area (Å²) in [6.45, 7) is 4.07. The fraction of sp³-hybridized carbons (Fsp3) is 0.417. The molecular weight excluding hydrogens is 220 g/mol. The molecule has 0 saturated carbocycles. The Bertz CT molecular complexity index is 489. The molecule has 0 aliphatic rings. The molecule has 0 unspecified atom stereocenters. The van der Waals surface area contributed by atoms with Gasteiger partial charge in [-0.1, -0.05) is 19.1 Å². The van der Waals surface area contributed by atoms with Crippen LogP contribution < -0.4 is 5.56 Å². The molecule has 0 atom stereocenters. The van der Waals surface area contributed by atoms with Gasteiger partial charge in [0, 0.05) is 18.2 Å². The van der Waals surface area contributed by atoms with Crippen molar-refractivity contribution in [3.8, 4) is 0 Å². The lowest BCUT2D eigenvalue weighted by Crippen LogP contribution is -2.19. The Kier molecular flexibility index (Phi) is 4.63. The number of nitro groups is 1. The van der Waals surface area contributed by atoms with E-state index in [1.807, 2.05) is 19.1 Å². The second-order valence-electron chi connectivity index (χ2n) is 3.80. The van der Waals surface area contributed by atoms with Crippen molar-refractivity contribution in [1.29, 1.82) is 0 Å². The number of hydrogen-bond donors (Lipinski definition) is 0. The van der Waals surface area contributed by atoms with Gasteiger partial charge in [0.1, 0.15) is 0 Å². The normalized spacial score (nSPS) is 10.9. The van der Waals surface area contributed by atoms with E-state index in [0.717, 1.165) is 6.42 Å². The number of hydrogen-bond acceptors (Lipinski definition) is 3. The number of allylic oxidation sites excluding steroid dienone is 2. The van der Waals surface area contributed by atoms with Crippen LogP contribution in [-0.2, 0) is 6.54 Å². The van der Waals surface area contributed by atoms with Crippen LogP contribution in [0.15, 0.2) is 29.2 Å². The molecule has 1 heterocycles. The number of pyridine rings is 1. The van der Waals surface area contributed by atoms with Gasteiger partial charge < -0.3 is 4.57 Å². The Morgan fingerprint density at radius 2 is 2.18 bits per heavy atom. The molecule has 1 rings (SSSR count). The first-order valence-corrected chi connectivity index (χ1v) is 5.56. The summed E-state index contributed by atoms with van der Waals surface area (Å²) in [5.74, 6) is 0. The summed E-state index contributed by atoms with van der Waals surface area (Å²) in [5.41, 5.74) is 0.197. The molecule has 0 amide bonds. The van der Waals surface area contributed by atoms with Crippen LogP contribution in [0, 0.1) is 17.0 Å². The van der Waals surface area contributed by atoms with E-state index in [-0.39, 0.29) is 11.2 Å². The summed E-state index contributed by atoms with van der Waals surface area (Å²) >= 11 is 0. The molecule has 0 aliphatic carbocycles. The Morgan fingerprint density at radius 1 is 1.47 bits per heavy atom. The first-order chi connectivity index (χ1) is 8.06. The molecule has 0 radical (unpaired) electrons. The predicted molar refractivity (Wildman–Crippen MR) is 66.1 cm³/mol. The zero-order chi connectivity index (χ0) is 12.8. The molecule has 0 aromatic carbocycles. The Balaban J connectivity index is 2.92. The number of rotatable bonds is 5. The lowest BCUT2D eigenvalue weighted by Gasteiger charge is -2.04. The highest BCUT2D eigenvalue weighted by molar-refractivity contribution is 5.35. The molecule has 5 nitrogen and oxygen atoms in total. The van der Waals surface area contributed by atoms with Crippen molar-refractivity contribution < 1.29 is 4.92 Å². The molecule has 5 heteroatoms. The molecule has 0 bridgehead atoms. The lowest BCUT2D eigenvalue weighted by atomic mass is 10.2. The topological polar surface area (TPSA) is 65.1 Å². The molecule has 0 spiro atoms. The van der Waals surface area contributed by atoms with Crippen LogP contribution >= 0.6 is 0 Å². The standard InChI is InChI=1S/C12H16N2O3/c1-3-4-5-6-7-13-9-11(14(16)17)10(2)8-12(13)15/h4-5,8-9H,3,6-7H2,1-2H3/b5-4+. The highest BCUT2D eigenvalue weighted by Crippen LogP contribution is 2.14. The van der Waals surface area contributed by atoms with E-state index in [9.17, 15) is 14.9 Å². The minimum atomic E-state index is -0.465. The van der Waals surface area contributed by atoms with Crippen LogP contribution in [-0.4, -0.2) is 9.49 Å². The van der Waals surface area contributed by atoms with E-state index in [1.54, 1.807) is 6.92 Å². The van der Waals surface area contributed by atoms with Gasteiger partial charge in [-0.15, -0.1) is 0 Å². The van der Waals surface area contributed by atoms with Gasteiger partial charge in [0.2, 0.25) is 0 Å². The molecule has 17 heavy (non-hydrogen) atoms. The second kappa shape index (κ2) is 5.98. The zero-order valence-electron chi connectivity index (χ0n) is 10.0. The van der Waals surface area contributed by atoms with Crippen LogP contribution in [0.1, 0.15) is 25.3 Å².